The molecular formula is C22H24IN3O5S. The second kappa shape index (κ2) is 9.67. The normalized spacial score (nSPS) is 17.7. The van der Waals surface area contributed by atoms with Crippen LogP contribution in [-0.2, 0) is 24.4 Å². The summed E-state index contributed by atoms with van der Waals surface area (Å²) in [6, 6.07) is 11.0. The standard InChI is InChI=1S/C22H24IN3O5S/c1-4-14(2)26(32(30,31)19-11-7-17(8-12-19)24-15(3)27)20-13-21(28)25(22(20)29)18-9-5-16(23)6-10-18/h5-12,14,20H,4,13H2,1-3H3,(H,24,27). The zero-order valence-electron chi connectivity index (χ0n) is 17.9. The smallest absolute Gasteiger partial charge is 0.252 e. The number of rotatable bonds is 7. The fraction of sp³-hybridized carbons (Fsp3) is 0.318. The number of hydrogen-bond acceptors (Lipinski definition) is 5. The van der Waals surface area contributed by atoms with Crippen LogP contribution in [0.3, 0.4) is 0 Å². The van der Waals surface area contributed by atoms with Gasteiger partial charge in [-0.1, -0.05) is 6.92 Å². The highest BCUT2D eigenvalue weighted by atomic mass is 127. The summed E-state index contributed by atoms with van der Waals surface area (Å²) in [4.78, 5) is 38.3. The van der Waals surface area contributed by atoms with Gasteiger partial charge < -0.3 is 5.32 Å². The zero-order valence-corrected chi connectivity index (χ0v) is 20.9. The number of nitrogens with one attached hydrogen (secondary N) is 1. The van der Waals surface area contributed by atoms with Crippen molar-refractivity contribution in [3.63, 3.8) is 0 Å². The molecule has 0 radical (unpaired) electrons. The SMILES string of the molecule is CCC(C)N(C1CC(=O)N(c2ccc(I)cc2)C1=O)S(=O)(=O)c1ccc(NC(C)=O)cc1. The molecule has 0 bridgehead atoms. The lowest BCUT2D eigenvalue weighted by molar-refractivity contribution is -0.122. The monoisotopic (exact) mass is 569 g/mol. The molecule has 3 rings (SSSR count). The summed E-state index contributed by atoms with van der Waals surface area (Å²) in [5.41, 5.74) is 0.882. The zero-order chi connectivity index (χ0) is 23.6. The Bertz CT molecular complexity index is 1130. The second-order valence-electron chi connectivity index (χ2n) is 7.56. The molecule has 1 N–H and O–H groups in total. The van der Waals surface area contributed by atoms with Gasteiger partial charge in [0.15, 0.2) is 0 Å². The predicted molar refractivity (Wildman–Crippen MR) is 130 cm³/mol. The van der Waals surface area contributed by atoms with E-state index in [-0.39, 0.29) is 17.2 Å². The van der Waals surface area contributed by atoms with Crippen molar-refractivity contribution >= 4 is 61.7 Å². The summed E-state index contributed by atoms with van der Waals surface area (Å²) in [6.45, 7) is 4.90. The number of nitrogens with zero attached hydrogens (tertiary/aromatic N) is 2. The predicted octanol–water partition coefficient (Wildman–Crippen LogP) is 3.37. The van der Waals surface area contributed by atoms with Crippen LogP contribution in [0.5, 0.6) is 0 Å². The maximum absolute atomic E-state index is 13.5. The Morgan fingerprint density at radius 2 is 1.75 bits per heavy atom. The number of hydrogen-bond donors (Lipinski definition) is 1. The van der Waals surface area contributed by atoms with E-state index in [0.29, 0.717) is 17.8 Å². The molecule has 1 aliphatic heterocycles. The molecule has 1 fully saturated rings. The van der Waals surface area contributed by atoms with E-state index in [1.165, 1.54) is 31.2 Å². The molecule has 10 heteroatoms. The highest BCUT2D eigenvalue weighted by molar-refractivity contribution is 14.1. The highest BCUT2D eigenvalue weighted by Crippen LogP contribution is 2.32. The summed E-state index contributed by atoms with van der Waals surface area (Å²) >= 11 is 2.12. The van der Waals surface area contributed by atoms with Gasteiger partial charge in [-0.05, 0) is 84.5 Å². The van der Waals surface area contributed by atoms with Crippen molar-refractivity contribution in [3.05, 3.63) is 52.1 Å². The molecule has 2 aromatic rings. The Morgan fingerprint density at radius 3 is 2.28 bits per heavy atom. The Labute approximate surface area is 201 Å². The first-order valence-corrected chi connectivity index (χ1v) is 12.6. The van der Waals surface area contributed by atoms with Gasteiger partial charge in [0.25, 0.3) is 5.91 Å². The molecular weight excluding hydrogens is 545 g/mol. The first-order valence-electron chi connectivity index (χ1n) is 10.1. The van der Waals surface area contributed by atoms with E-state index < -0.39 is 33.9 Å². The minimum Gasteiger partial charge on any atom is -0.326 e. The van der Waals surface area contributed by atoms with Crippen LogP contribution in [0.25, 0.3) is 0 Å². The second-order valence-corrected chi connectivity index (χ2v) is 10.7. The largest absolute Gasteiger partial charge is 0.326 e. The van der Waals surface area contributed by atoms with Crippen LogP contribution < -0.4 is 10.2 Å². The summed E-state index contributed by atoms with van der Waals surface area (Å²) in [5, 5.41) is 2.59. The fourth-order valence-corrected chi connectivity index (χ4v) is 5.81. The van der Waals surface area contributed by atoms with E-state index in [1.54, 1.807) is 31.2 Å². The molecule has 170 valence electrons. The van der Waals surface area contributed by atoms with Gasteiger partial charge in [-0.15, -0.1) is 0 Å². The lowest BCUT2D eigenvalue weighted by Crippen LogP contribution is -2.49. The minimum atomic E-state index is -4.09. The van der Waals surface area contributed by atoms with Crippen LogP contribution in [0.15, 0.2) is 53.4 Å². The van der Waals surface area contributed by atoms with Crippen LogP contribution in [-0.4, -0.2) is 42.5 Å². The number of sulfonamides is 1. The van der Waals surface area contributed by atoms with E-state index in [2.05, 4.69) is 27.9 Å². The molecule has 2 unspecified atom stereocenters. The minimum absolute atomic E-state index is 0.0140. The maximum atomic E-state index is 13.5. The summed E-state index contributed by atoms with van der Waals surface area (Å²) < 4.78 is 29.2. The number of benzene rings is 2. The van der Waals surface area contributed by atoms with E-state index in [0.717, 1.165) is 12.8 Å². The van der Waals surface area contributed by atoms with Crippen LogP contribution in [0.1, 0.15) is 33.6 Å². The van der Waals surface area contributed by atoms with Crippen LogP contribution in [0, 0.1) is 3.57 Å². The highest BCUT2D eigenvalue weighted by Gasteiger charge is 2.48. The Kier molecular flexibility index (Phi) is 7.36. The van der Waals surface area contributed by atoms with Gasteiger partial charge in [-0.2, -0.15) is 4.31 Å². The van der Waals surface area contributed by atoms with Gasteiger partial charge in [0, 0.05) is 22.2 Å². The van der Waals surface area contributed by atoms with Crippen LogP contribution >= 0.6 is 22.6 Å². The van der Waals surface area contributed by atoms with Gasteiger partial charge in [0.05, 0.1) is 17.0 Å². The first-order chi connectivity index (χ1) is 15.1. The quantitative estimate of drug-likeness (QED) is 0.407. The molecule has 1 heterocycles. The molecule has 3 amide bonds. The van der Waals surface area contributed by atoms with E-state index in [4.69, 9.17) is 0 Å². The van der Waals surface area contributed by atoms with Crippen molar-refractivity contribution in [2.75, 3.05) is 10.2 Å². The molecule has 2 aromatic carbocycles. The molecule has 8 nitrogen and oxygen atoms in total. The van der Waals surface area contributed by atoms with Gasteiger partial charge >= 0.3 is 0 Å². The van der Waals surface area contributed by atoms with Crippen molar-refractivity contribution in [3.8, 4) is 0 Å². The maximum Gasteiger partial charge on any atom is 0.252 e. The molecule has 1 saturated heterocycles. The van der Waals surface area contributed by atoms with Crippen molar-refractivity contribution in [2.45, 2.75) is 50.6 Å². The van der Waals surface area contributed by atoms with Crippen molar-refractivity contribution in [1.82, 2.24) is 4.31 Å². The molecule has 0 aliphatic carbocycles. The summed E-state index contributed by atoms with van der Waals surface area (Å²) in [7, 11) is -4.09. The molecule has 0 aromatic heterocycles. The van der Waals surface area contributed by atoms with Gasteiger partial charge in [0.1, 0.15) is 6.04 Å². The van der Waals surface area contributed by atoms with Gasteiger partial charge in [-0.25, -0.2) is 13.3 Å². The fourth-order valence-electron chi connectivity index (χ4n) is 3.60. The number of anilines is 2. The van der Waals surface area contributed by atoms with E-state index in [1.807, 2.05) is 6.92 Å². The van der Waals surface area contributed by atoms with E-state index >= 15 is 0 Å². The number of halogens is 1. The molecule has 0 spiro atoms. The van der Waals surface area contributed by atoms with Crippen molar-refractivity contribution in [2.24, 2.45) is 0 Å². The lowest BCUT2D eigenvalue weighted by Gasteiger charge is -2.31. The van der Waals surface area contributed by atoms with Gasteiger partial charge in [-0.3, -0.25) is 14.4 Å². The number of carbonyl (C=O) groups excluding carboxylic acids is 3. The lowest BCUT2D eigenvalue weighted by atomic mass is 10.2. The average molecular weight is 569 g/mol. The third-order valence-electron chi connectivity index (χ3n) is 5.29. The topological polar surface area (TPSA) is 104 Å². The van der Waals surface area contributed by atoms with Crippen LogP contribution in [0.4, 0.5) is 11.4 Å². The van der Waals surface area contributed by atoms with Gasteiger partial charge in [0.2, 0.25) is 21.8 Å². The summed E-state index contributed by atoms with van der Waals surface area (Å²) in [5.74, 6) is -1.27. The van der Waals surface area contributed by atoms with Crippen LogP contribution in [0.2, 0.25) is 0 Å². The average Bonchev–Trinajstić information content (AvgIpc) is 3.02. The molecule has 1 aliphatic rings. The van der Waals surface area contributed by atoms with Crippen molar-refractivity contribution < 1.29 is 22.8 Å². The number of amides is 3. The summed E-state index contributed by atoms with van der Waals surface area (Å²) in [6.07, 6.45) is 0.239. The third-order valence-corrected chi connectivity index (χ3v) is 8.05. The Hall–Kier alpha value is -2.31. The van der Waals surface area contributed by atoms with E-state index in [9.17, 15) is 22.8 Å². The Morgan fingerprint density at radius 1 is 1.16 bits per heavy atom. The van der Waals surface area contributed by atoms with Crippen molar-refractivity contribution in [1.29, 1.82) is 0 Å². The molecule has 32 heavy (non-hydrogen) atoms. The molecule has 0 saturated carbocycles. The third kappa shape index (κ3) is 4.86. The Balaban J connectivity index is 1.97. The molecule has 2 atom stereocenters. The number of carbonyl (C=O) groups is 3. The first kappa shape index (κ1) is 24.3. The number of imide groups is 1.